The quantitative estimate of drug-likeness (QED) is 0.476. The molecule has 1 aromatic carbocycles. The first kappa shape index (κ1) is 12.1. The summed E-state index contributed by atoms with van der Waals surface area (Å²) in [5.41, 5.74) is -0.859. The van der Waals surface area contributed by atoms with Crippen molar-refractivity contribution in [3.8, 4) is 0 Å². The number of ether oxygens (including phenoxy) is 1. The van der Waals surface area contributed by atoms with Gasteiger partial charge in [-0.2, -0.15) is 13.2 Å². The number of nitrogens with one attached hydrogen (secondary N) is 1. The molecule has 1 atom stereocenters. The van der Waals surface area contributed by atoms with Gasteiger partial charge in [-0.25, -0.2) is 4.79 Å². The van der Waals surface area contributed by atoms with Crippen molar-refractivity contribution in [2.75, 3.05) is 5.32 Å². The molecule has 0 saturated carbocycles. The summed E-state index contributed by atoms with van der Waals surface area (Å²) < 4.78 is 41.2. The first-order valence-electron chi connectivity index (χ1n) is 4.62. The van der Waals surface area contributed by atoms with Gasteiger partial charge in [-0.3, -0.25) is 10.1 Å². The van der Waals surface area contributed by atoms with Crippen LogP contribution in [0.15, 0.2) is 18.2 Å². The van der Waals surface area contributed by atoms with Crippen LogP contribution in [0, 0.1) is 10.1 Å². The molecule has 0 saturated heterocycles. The number of non-ortho nitro benzene ring substituents is 1. The second kappa shape index (κ2) is 3.86. The fraction of sp³-hybridized carbons (Fsp3) is 0.222. The summed E-state index contributed by atoms with van der Waals surface area (Å²) in [5.74, 6) is -1.25. The molecule has 0 amide bonds. The topological polar surface area (TPSA) is 81.5 Å². The molecule has 1 heterocycles. The summed E-state index contributed by atoms with van der Waals surface area (Å²) in [6.07, 6.45) is -7.20. The average molecular weight is 262 g/mol. The molecule has 0 bridgehead atoms. The zero-order valence-corrected chi connectivity index (χ0v) is 8.52. The minimum absolute atomic E-state index is 0.154. The van der Waals surface area contributed by atoms with Gasteiger partial charge >= 0.3 is 12.1 Å². The fourth-order valence-corrected chi connectivity index (χ4v) is 1.43. The Balaban J connectivity index is 2.39. The molecule has 2 rings (SSSR count). The molecular formula is C9H5F3N2O4. The number of benzene rings is 1. The van der Waals surface area contributed by atoms with Crippen molar-refractivity contribution in [1.82, 2.24) is 0 Å². The van der Waals surface area contributed by atoms with Crippen LogP contribution in [-0.4, -0.2) is 23.3 Å². The van der Waals surface area contributed by atoms with E-state index in [1.807, 2.05) is 5.32 Å². The smallest absolute Gasteiger partial charge is 0.428 e. The first-order chi connectivity index (χ1) is 8.29. The molecule has 18 heavy (non-hydrogen) atoms. The summed E-state index contributed by atoms with van der Waals surface area (Å²) in [6.45, 7) is 0. The number of nitro benzene ring substituents is 1. The number of cyclic esters (lactones) is 1. The Bertz CT molecular complexity index is 529. The second-order valence-electron chi connectivity index (χ2n) is 3.46. The normalized spacial score (nSPS) is 18.6. The van der Waals surface area contributed by atoms with Crippen LogP contribution < -0.4 is 5.32 Å². The zero-order chi connectivity index (χ0) is 13.5. The Kier molecular flexibility index (Phi) is 2.60. The third-order valence-corrected chi connectivity index (χ3v) is 2.24. The van der Waals surface area contributed by atoms with Crippen molar-refractivity contribution in [1.29, 1.82) is 0 Å². The van der Waals surface area contributed by atoms with Crippen LogP contribution in [0.25, 0.3) is 0 Å². The number of halogens is 3. The Labute approximate surface area is 97.5 Å². The lowest BCUT2D eigenvalue weighted by molar-refractivity contribution is -0.384. The summed E-state index contributed by atoms with van der Waals surface area (Å²) >= 11 is 0. The van der Waals surface area contributed by atoms with Crippen molar-refractivity contribution in [3.63, 3.8) is 0 Å². The van der Waals surface area contributed by atoms with Gasteiger partial charge in [0.25, 0.3) is 11.9 Å². The monoisotopic (exact) mass is 262 g/mol. The number of anilines is 1. The summed E-state index contributed by atoms with van der Waals surface area (Å²) in [7, 11) is 0. The molecule has 9 heteroatoms. The number of hydrogen-bond donors (Lipinski definition) is 1. The summed E-state index contributed by atoms with van der Waals surface area (Å²) in [5, 5.41) is 12.4. The highest BCUT2D eigenvalue weighted by Crippen LogP contribution is 2.33. The molecule has 96 valence electrons. The molecular weight excluding hydrogens is 257 g/mol. The Morgan fingerprint density at radius 1 is 1.39 bits per heavy atom. The lowest BCUT2D eigenvalue weighted by Crippen LogP contribution is -2.43. The Morgan fingerprint density at radius 2 is 2.06 bits per heavy atom. The van der Waals surface area contributed by atoms with Crippen LogP contribution in [0.1, 0.15) is 10.4 Å². The lowest BCUT2D eigenvalue weighted by atomic mass is 10.1. The van der Waals surface area contributed by atoms with Crippen molar-refractivity contribution in [2.24, 2.45) is 0 Å². The van der Waals surface area contributed by atoms with Gasteiger partial charge in [0.1, 0.15) is 0 Å². The highest BCUT2D eigenvalue weighted by Gasteiger charge is 2.46. The van der Waals surface area contributed by atoms with E-state index >= 15 is 0 Å². The van der Waals surface area contributed by atoms with Crippen molar-refractivity contribution in [3.05, 3.63) is 33.9 Å². The Hall–Kier alpha value is -2.32. The number of rotatable bonds is 1. The molecule has 0 aliphatic carbocycles. The van der Waals surface area contributed by atoms with Gasteiger partial charge in [-0.05, 0) is 6.07 Å². The van der Waals surface area contributed by atoms with Crippen LogP contribution in [0.4, 0.5) is 24.5 Å². The summed E-state index contributed by atoms with van der Waals surface area (Å²) in [4.78, 5) is 21.0. The van der Waals surface area contributed by atoms with Crippen molar-refractivity contribution < 1.29 is 27.6 Å². The van der Waals surface area contributed by atoms with E-state index in [1.54, 1.807) is 0 Å². The molecule has 1 aromatic rings. The van der Waals surface area contributed by atoms with Gasteiger partial charge in [-0.1, -0.05) is 0 Å². The van der Waals surface area contributed by atoms with E-state index in [0.29, 0.717) is 0 Å². The van der Waals surface area contributed by atoms with Crippen molar-refractivity contribution in [2.45, 2.75) is 12.4 Å². The van der Waals surface area contributed by atoms with Gasteiger partial charge in [-0.15, -0.1) is 0 Å². The van der Waals surface area contributed by atoms with E-state index in [4.69, 9.17) is 0 Å². The van der Waals surface area contributed by atoms with Crippen LogP contribution >= 0.6 is 0 Å². The predicted molar refractivity (Wildman–Crippen MR) is 52.0 cm³/mol. The standard InChI is InChI=1S/C9H5F3N2O4/c10-9(11,12)8-13-6-2-1-4(14(16)17)3-5(6)7(15)18-8/h1-3,8,13H. The third kappa shape index (κ3) is 2.06. The number of esters is 1. The summed E-state index contributed by atoms with van der Waals surface area (Å²) in [6, 6.07) is 2.89. The maximum Gasteiger partial charge on any atom is 0.445 e. The van der Waals surface area contributed by atoms with Gasteiger partial charge in [0.05, 0.1) is 16.2 Å². The van der Waals surface area contributed by atoms with E-state index in [1.165, 1.54) is 0 Å². The minimum atomic E-state index is -4.75. The zero-order valence-electron chi connectivity index (χ0n) is 8.52. The number of carbonyl (C=O) groups excluding carboxylic acids is 1. The minimum Gasteiger partial charge on any atom is -0.428 e. The van der Waals surface area contributed by atoms with Crippen molar-refractivity contribution >= 4 is 17.3 Å². The first-order valence-corrected chi connectivity index (χ1v) is 4.62. The van der Waals surface area contributed by atoms with E-state index in [2.05, 4.69) is 4.74 Å². The average Bonchev–Trinajstić information content (AvgIpc) is 2.27. The van der Waals surface area contributed by atoms with Gasteiger partial charge in [0, 0.05) is 12.1 Å². The van der Waals surface area contributed by atoms with Gasteiger partial charge in [0.2, 0.25) is 0 Å². The maximum absolute atomic E-state index is 12.4. The van der Waals surface area contributed by atoms with E-state index < -0.39 is 29.0 Å². The number of carbonyl (C=O) groups is 1. The molecule has 1 aliphatic heterocycles. The highest BCUT2D eigenvalue weighted by atomic mass is 19.4. The van der Waals surface area contributed by atoms with Gasteiger partial charge in [0.15, 0.2) is 0 Å². The van der Waals surface area contributed by atoms with E-state index in [0.717, 1.165) is 18.2 Å². The van der Waals surface area contributed by atoms with E-state index in [-0.39, 0.29) is 11.3 Å². The molecule has 6 nitrogen and oxygen atoms in total. The number of hydrogen-bond acceptors (Lipinski definition) is 5. The second-order valence-corrected chi connectivity index (χ2v) is 3.46. The molecule has 1 aliphatic rings. The SMILES string of the molecule is O=C1OC(C(F)(F)F)Nc2ccc([N+](=O)[O-])cc21. The largest absolute Gasteiger partial charge is 0.445 e. The molecule has 0 radical (unpaired) electrons. The molecule has 0 fully saturated rings. The van der Waals surface area contributed by atoms with Crippen LogP contribution in [0.3, 0.4) is 0 Å². The molecule has 0 aromatic heterocycles. The van der Waals surface area contributed by atoms with Crippen LogP contribution in [0.2, 0.25) is 0 Å². The number of nitro groups is 1. The lowest BCUT2D eigenvalue weighted by Gasteiger charge is -2.27. The number of alkyl halides is 3. The third-order valence-electron chi connectivity index (χ3n) is 2.24. The molecule has 0 spiro atoms. The molecule has 1 N–H and O–H groups in total. The predicted octanol–water partition coefficient (Wildman–Crippen LogP) is 2.07. The Morgan fingerprint density at radius 3 is 2.61 bits per heavy atom. The molecule has 1 unspecified atom stereocenters. The fourth-order valence-electron chi connectivity index (χ4n) is 1.43. The van der Waals surface area contributed by atoms with Crippen LogP contribution in [-0.2, 0) is 4.74 Å². The van der Waals surface area contributed by atoms with Crippen LogP contribution in [0.5, 0.6) is 0 Å². The number of nitrogens with zero attached hydrogens (tertiary/aromatic N) is 1. The number of fused-ring (bicyclic) bond motifs is 1. The van der Waals surface area contributed by atoms with E-state index in [9.17, 15) is 28.1 Å². The maximum atomic E-state index is 12.4. The van der Waals surface area contributed by atoms with Gasteiger partial charge < -0.3 is 10.1 Å². The highest BCUT2D eigenvalue weighted by molar-refractivity contribution is 5.98.